The van der Waals surface area contributed by atoms with Crippen LogP contribution in [-0.4, -0.2) is 0 Å². The lowest BCUT2D eigenvalue weighted by atomic mass is 10.1. The minimum atomic E-state index is 0.310. The van der Waals surface area contributed by atoms with Gasteiger partial charge in [0.25, 0.3) is 0 Å². The first-order valence-corrected chi connectivity index (χ1v) is 6.00. The number of benzene rings is 1. The fourth-order valence-electron chi connectivity index (χ4n) is 1.40. The predicted molar refractivity (Wildman–Crippen MR) is 71.1 cm³/mol. The number of allylic oxidation sites excluding steroid dienone is 1. The Kier molecular flexibility index (Phi) is 3.68. The number of hydrogen-bond acceptors (Lipinski definition) is 2. The van der Waals surface area contributed by atoms with Crippen molar-refractivity contribution in [2.24, 2.45) is 0 Å². The molecule has 0 fully saturated rings. The lowest BCUT2D eigenvalue weighted by Gasteiger charge is -2.01. The van der Waals surface area contributed by atoms with Gasteiger partial charge in [-0.2, -0.15) is 5.26 Å². The van der Waals surface area contributed by atoms with Gasteiger partial charge in [0.15, 0.2) is 4.67 Å². The largest absolute Gasteiger partial charge is 0.448 e. The first kappa shape index (κ1) is 12.0. The summed E-state index contributed by atoms with van der Waals surface area (Å²) in [5.41, 5.74) is 1.17. The summed E-state index contributed by atoms with van der Waals surface area (Å²) in [5, 5.41) is 9.48. The molecule has 84 valence electrons. The molecule has 1 heterocycles. The summed E-state index contributed by atoms with van der Waals surface area (Å²) >= 11 is 9.36. The predicted octanol–water partition coefficient (Wildman–Crippen LogP) is 4.67. The van der Waals surface area contributed by atoms with E-state index in [1.807, 2.05) is 30.3 Å². The highest BCUT2D eigenvalue weighted by Gasteiger charge is 2.12. The van der Waals surface area contributed by atoms with Gasteiger partial charge in [-0.25, -0.2) is 0 Å². The van der Waals surface area contributed by atoms with Gasteiger partial charge >= 0.3 is 0 Å². The van der Waals surface area contributed by atoms with Crippen LogP contribution in [0, 0.1) is 11.3 Å². The molecule has 2 rings (SSSR count). The van der Waals surface area contributed by atoms with Gasteiger partial charge in [0.2, 0.25) is 0 Å². The highest BCUT2D eigenvalue weighted by atomic mass is 79.9. The van der Waals surface area contributed by atoms with Crippen LogP contribution in [0.25, 0.3) is 10.6 Å². The van der Waals surface area contributed by atoms with Crippen molar-refractivity contribution in [1.82, 2.24) is 0 Å². The minimum Gasteiger partial charge on any atom is -0.448 e. The van der Waals surface area contributed by atoms with E-state index in [1.165, 1.54) is 0 Å². The van der Waals surface area contributed by atoms with Crippen LogP contribution in [0.3, 0.4) is 0 Å². The lowest BCUT2D eigenvalue weighted by Crippen LogP contribution is -1.84. The van der Waals surface area contributed by atoms with Crippen LogP contribution in [0.15, 0.2) is 51.6 Å². The summed E-state index contributed by atoms with van der Waals surface area (Å²) < 4.78 is 5.90. The Balaban J connectivity index is 2.52. The zero-order valence-corrected chi connectivity index (χ0v) is 11.0. The summed E-state index contributed by atoms with van der Waals surface area (Å²) in [6, 6.07) is 14.8. The van der Waals surface area contributed by atoms with Crippen molar-refractivity contribution in [2.45, 2.75) is 0 Å². The first-order valence-electron chi connectivity index (χ1n) is 4.83. The number of rotatable bonds is 2. The molecule has 0 N–H and O–H groups in total. The molecule has 4 heteroatoms. The van der Waals surface area contributed by atoms with Gasteiger partial charge in [-0.05, 0) is 33.6 Å². The van der Waals surface area contributed by atoms with E-state index in [0.717, 1.165) is 5.56 Å². The van der Waals surface area contributed by atoms with E-state index < -0.39 is 0 Å². The van der Waals surface area contributed by atoms with Gasteiger partial charge in [-0.3, -0.25) is 0 Å². The fourth-order valence-corrected chi connectivity index (χ4v) is 1.96. The molecule has 0 atom stereocenters. The number of halogens is 2. The smallest absolute Gasteiger partial charge is 0.169 e. The van der Waals surface area contributed by atoms with Crippen molar-refractivity contribution in [3.05, 3.63) is 58.5 Å². The molecule has 0 bridgehead atoms. The van der Waals surface area contributed by atoms with E-state index in [-0.39, 0.29) is 0 Å². The topological polar surface area (TPSA) is 36.9 Å². The van der Waals surface area contributed by atoms with Crippen LogP contribution in [0.5, 0.6) is 0 Å². The molecule has 1 aromatic heterocycles. The minimum absolute atomic E-state index is 0.310. The second kappa shape index (κ2) is 5.22. The Labute approximate surface area is 112 Å². The molecule has 2 nitrogen and oxygen atoms in total. The Bertz CT molecular complexity index is 595. The quantitative estimate of drug-likeness (QED) is 0.756. The third-order valence-corrected chi connectivity index (χ3v) is 2.98. The molecule has 0 aliphatic rings. The molecular formula is C13H7BrClNO. The van der Waals surface area contributed by atoms with Crippen LogP contribution in [0.1, 0.15) is 11.3 Å². The van der Waals surface area contributed by atoms with Crippen LogP contribution in [0.4, 0.5) is 0 Å². The van der Waals surface area contributed by atoms with Gasteiger partial charge in [-0.15, -0.1) is 0 Å². The second-order valence-electron chi connectivity index (χ2n) is 3.27. The Morgan fingerprint density at radius 1 is 1.18 bits per heavy atom. The molecule has 0 saturated carbocycles. The van der Waals surface area contributed by atoms with Crippen molar-refractivity contribution < 1.29 is 4.42 Å². The van der Waals surface area contributed by atoms with Crippen molar-refractivity contribution in [2.75, 3.05) is 0 Å². The third kappa shape index (κ3) is 2.60. The molecule has 2 aromatic rings. The average Bonchev–Trinajstić information content (AvgIpc) is 2.78. The van der Waals surface area contributed by atoms with Crippen molar-refractivity contribution in [3.63, 3.8) is 0 Å². The van der Waals surface area contributed by atoms with Crippen molar-refractivity contribution >= 4 is 38.1 Å². The molecular weight excluding hydrogens is 302 g/mol. The Morgan fingerprint density at radius 2 is 1.88 bits per heavy atom. The number of hydrogen-bond donors (Lipinski definition) is 0. The summed E-state index contributed by atoms with van der Waals surface area (Å²) in [5.74, 6) is 0.471. The van der Waals surface area contributed by atoms with E-state index in [9.17, 15) is 5.26 Å². The van der Waals surface area contributed by atoms with Crippen molar-refractivity contribution in [1.29, 1.82) is 5.26 Å². The molecule has 0 spiro atoms. The van der Waals surface area contributed by atoms with Gasteiger partial charge in [0.1, 0.15) is 16.9 Å². The van der Waals surface area contributed by atoms with Gasteiger partial charge in [0, 0.05) is 0 Å². The van der Waals surface area contributed by atoms with E-state index in [2.05, 4.69) is 22.0 Å². The zero-order valence-electron chi connectivity index (χ0n) is 8.65. The molecule has 0 saturated heterocycles. The van der Waals surface area contributed by atoms with Crippen LogP contribution < -0.4 is 0 Å². The van der Waals surface area contributed by atoms with Crippen LogP contribution >= 0.6 is 27.5 Å². The Hall–Kier alpha value is -1.50. The molecule has 1 aromatic carbocycles. The fraction of sp³-hybridized carbons (Fsp3) is 0. The second-order valence-corrected chi connectivity index (χ2v) is 4.43. The molecule has 0 radical (unpaired) electrons. The number of furan rings is 1. The first-order chi connectivity index (χ1) is 8.22. The normalized spacial score (nSPS) is 11.8. The molecule has 17 heavy (non-hydrogen) atoms. The molecule has 0 amide bonds. The van der Waals surface area contributed by atoms with Crippen LogP contribution in [0.2, 0.25) is 0 Å². The maximum atomic E-state index is 9.17. The average molecular weight is 309 g/mol. The number of nitriles is 1. The van der Waals surface area contributed by atoms with Crippen LogP contribution in [-0.2, 0) is 0 Å². The summed E-state index contributed by atoms with van der Waals surface area (Å²) in [6.07, 6.45) is 0. The number of nitrogens with zero attached hydrogens (tertiary/aromatic N) is 1. The van der Waals surface area contributed by atoms with Gasteiger partial charge in [0.05, 0.1) is 5.57 Å². The third-order valence-electron chi connectivity index (χ3n) is 2.18. The SMILES string of the molecule is N#CC(=C(Cl)c1ccc(Br)o1)c1ccccc1. The van der Waals surface area contributed by atoms with E-state index >= 15 is 0 Å². The van der Waals surface area contributed by atoms with Crippen molar-refractivity contribution in [3.8, 4) is 6.07 Å². The lowest BCUT2D eigenvalue weighted by molar-refractivity contribution is 0.530. The summed E-state index contributed by atoms with van der Waals surface area (Å²) in [4.78, 5) is 0. The van der Waals surface area contributed by atoms with E-state index in [1.54, 1.807) is 12.1 Å². The highest BCUT2D eigenvalue weighted by Crippen LogP contribution is 2.31. The van der Waals surface area contributed by atoms with Gasteiger partial charge in [-0.1, -0.05) is 41.9 Å². The molecule has 0 unspecified atom stereocenters. The Morgan fingerprint density at radius 3 is 2.41 bits per heavy atom. The monoisotopic (exact) mass is 307 g/mol. The molecule has 0 aliphatic carbocycles. The standard InChI is InChI=1S/C13H7BrClNO/c14-12-7-6-11(17-12)13(15)10(8-16)9-4-2-1-3-5-9/h1-7H. The maximum Gasteiger partial charge on any atom is 0.169 e. The summed E-state index contributed by atoms with van der Waals surface area (Å²) in [6.45, 7) is 0. The maximum absolute atomic E-state index is 9.17. The van der Waals surface area contributed by atoms with Gasteiger partial charge < -0.3 is 4.42 Å². The summed E-state index contributed by atoms with van der Waals surface area (Å²) in [7, 11) is 0. The van der Waals surface area contributed by atoms with E-state index in [0.29, 0.717) is 21.0 Å². The highest BCUT2D eigenvalue weighted by molar-refractivity contribution is 9.10. The zero-order chi connectivity index (χ0) is 12.3. The van der Waals surface area contributed by atoms with E-state index in [4.69, 9.17) is 16.0 Å². The molecule has 0 aliphatic heterocycles.